The number of carboxylic acid groups (broad SMARTS) is 2. The molecule has 1 fully saturated rings. The Morgan fingerprint density at radius 2 is 1.52 bits per heavy atom. The SMILES string of the molecule is O=C(O)C(=O)O.Oc1ccc(Br)cc1CN1CCN(Cc2cccc(Cl)c2)CC1. The van der Waals surface area contributed by atoms with E-state index in [2.05, 4.69) is 31.8 Å². The lowest BCUT2D eigenvalue weighted by molar-refractivity contribution is -0.159. The Kier molecular flexibility index (Phi) is 8.91. The molecule has 0 radical (unpaired) electrons. The highest BCUT2D eigenvalue weighted by molar-refractivity contribution is 9.10. The molecule has 0 bridgehead atoms. The van der Waals surface area contributed by atoms with Gasteiger partial charge in [-0.15, -0.1) is 0 Å². The molecule has 7 nitrogen and oxygen atoms in total. The summed E-state index contributed by atoms with van der Waals surface area (Å²) in [6.45, 7) is 5.80. The molecule has 1 aliphatic rings. The van der Waals surface area contributed by atoms with Gasteiger partial charge in [0.15, 0.2) is 0 Å². The first-order valence-electron chi connectivity index (χ1n) is 8.87. The number of halogens is 2. The van der Waals surface area contributed by atoms with Crippen molar-refractivity contribution in [1.29, 1.82) is 0 Å². The minimum Gasteiger partial charge on any atom is -0.508 e. The standard InChI is InChI=1S/C18H20BrClN2O.C2H2O4/c19-16-4-5-18(23)15(11-16)13-22-8-6-21(7-9-22)12-14-2-1-3-17(20)10-14;3-1(4)2(5)6/h1-5,10-11,23H,6-9,12-13H2;(H,3,4)(H,5,6). The van der Waals surface area contributed by atoms with Gasteiger partial charge in [-0.3, -0.25) is 9.80 Å². The van der Waals surface area contributed by atoms with E-state index in [0.717, 1.165) is 54.3 Å². The summed E-state index contributed by atoms with van der Waals surface area (Å²) in [7, 11) is 0. The van der Waals surface area contributed by atoms with Crippen molar-refractivity contribution in [2.75, 3.05) is 26.2 Å². The minimum atomic E-state index is -1.82. The summed E-state index contributed by atoms with van der Waals surface area (Å²) < 4.78 is 1.00. The fraction of sp³-hybridized carbons (Fsp3) is 0.300. The predicted molar refractivity (Wildman–Crippen MR) is 113 cm³/mol. The van der Waals surface area contributed by atoms with Crippen LogP contribution in [0.25, 0.3) is 0 Å². The third-order valence-electron chi connectivity index (χ3n) is 4.38. The van der Waals surface area contributed by atoms with Crippen LogP contribution in [0.5, 0.6) is 5.75 Å². The van der Waals surface area contributed by atoms with Crippen molar-refractivity contribution in [3.05, 3.63) is 63.1 Å². The molecule has 3 rings (SSSR count). The van der Waals surface area contributed by atoms with Crippen LogP contribution in [-0.2, 0) is 22.7 Å². The smallest absolute Gasteiger partial charge is 0.414 e. The molecule has 3 N–H and O–H groups in total. The van der Waals surface area contributed by atoms with Crippen LogP contribution in [0, 0.1) is 0 Å². The zero-order valence-corrected chi connectivity index (χ0v) is 17.9. The van der Waals surface area contributed by atoms with E-state index in [0.29, 0.717) is 5.75 Å². The molecule has 0 atom stereocenters. The van der Waals surface area contributed by atoms with Gasteiger partial charge in [0.05, 0.1) is 0 Å². The average Bonchev–Trinajstić information content (AvgIpc) is 2.67. The van der Waals surface area contributed by atoms with Crippen molar-refractivity contribution in [2.45, 2.75) is 13.1 Å². The first-order chi connectivity index (χ1) is 13.7. The van der Waals surface area contributed by atoms with Crippen molar-refractivity contribution in [3.63, 3.8) is 0 Å². The average molecular weight is 486 g/mol. The number of nitrogens with zero attached hydrogens (tertiary/aromatic N) is 2. The van der Waals surface area contributed by atoms with E-state index < -0.39 is 11.9 Å². The normalized spacial score (nSPS) is 14.7. The number of phenols is 1. The second-order valence-corrected chi connectivity index (χ2v) is 7.92. The summed E-state index contributed by atoms with van der Waals surface area (Å²) in [5.41, 5.74) is 2.23. The Labute approximate surface area is 182 Å². The number of aromatic hydroxyl groups is 1. The third-order valence-corrected chi connectivity index (χ3v) is 5.11. The summed E-state index contributed by atoms with van der Waals surface area (Å²) >= 11 is 9.51. The molecule has 0 aromatic heterocycles. The summed E-state index contributed by atoms with van der Waals surface area (Å²) in [6, 6.07) is 13.7. The van der Waals surface area contributed by atoms with Gasteiger partial charge in [0.25, 0.3) is 0 Å². The van der Waals surface area contributed by atoms with E-state index in [1.807, 2.05) is 30.3 Å². The van der Waals surface area contributed by atoms with Crippen LogP contribution in [0.3, 0.4) is 0 Å². The number of hydrogen-bond acceptors (Lipinski definition) is 5. The number of phenolic OH excluding ortho intramolecular Hbond substituents is 1. The Morgan fingerprint density at radius 1 is 0.931 bits per heavy atom. The van der Waals surface area contributed by atoms with Gasteiger partial charge in [-0.05, 0) is 35.9 Å². The first-order valence-corrected chi connectivity index (χ1v) is 10.0. The number of aliphatic carboxylic acids is 2. The maximum atomic E-state index is 9.97. The summed E-state index contributed by atoms with van der Waals surface area (Å²) in [6.07, 6.45) is 0. The van der Waals surface area contributed by atoms with Crippen LogP contribution in [0.1, 0.15) is 11.1 Å². The van der Waals surface area contributed by atoms with Gasteiger partial charge in [0.1, 0.15) is 5.75 Å². The number of carboxylic acids is 2. The number of rotatable bonds is 4. The fourth-order valence-electron chi connectivity index (χ4n) is 2.92. The fourth-order valence-corrected chi connectivity index (χ4v) is 3.54. The molecule has 156 valence electrons. The molecule has 1 heterocycles. The molecule has 0 unspecified atom stereocenters. The number of carbonyl (C=O) groups is 2. The van der Waals surface area contributed by atoms with E-state index in [9.17, 15) is 5.11 Å². The van der Waals surface area contributed by atoms with Crippen molar-refractivity contribution >= 4 is 39.5 Å². The zero-order valence-electron chi connectivity index (χ0n) is 15.6. The van der Waals surface area contributed by atoms with Crippen molar-refractivity contribution in [1.82, 2.24) is 9.80 Å². The van der Waals surface area contributed by atoms with Gasteiger partial charge >= 0.3 is 11.9 Å². The quantitative estimate of drug-likeness (QED) is 0.571. The van der Waals surface area contributed by atoms with E-state index in [-0.39, 0.29) is 0 Å². The minimum absolute atomic E-state index is 0.370. The van der Waals surface area contributed by atoms with Gasteiger partial charge in [0.2, 0.25) is 0 Å². The highest BCUT2D eigenvalue weighted by atomic mass is 79.9. The van der Waals surface area contributed by atoms with Crippen molar-refractivity contribution in [3.8, 4) is 5.75 Å². The number of hydrogen-bond donors (Lipinski definition) is 3. The van der Waals surface area contributed by atoms with Crippen molar-refractivity contribution < 1.29 is 24.9 Å². The topological polar surface area (TPSA) is 101 Å². The Bertz CT molecular complexity index is 845. The molecule has 0 amide bonds. The molecule has 1 aliphatic heterocycles. The van der Waals surface area contributed by atoms with E-state index in [1.165, 1.54) is 5.56 Å². The third kappa shape index (κ3) is 8.02. The predicted octanol–water partition coefficient (Wildman–Crippen LogP) is 3.28. The van der Waals surface area contributed by atoms with Gasteiger partial charge < -0.3 is 15.3 Å². The van der Waals surface area contributed by atoms with Crippen molar-refractivity contribution in [2.24, 2.45) is 0 Å². The maximum Gasteiger partial charge on any atom is 0.414 e. The van der Waals surface area contributed by atoms with Crippen LogP contribution >= 0.6 is 27.5 Å². The monoisotopic (exact) mass is 484 g/mol. The van der Waals surface area contributed by atoms with Crippen LogP contribution in [0.4, 0.5) is 0 Å². The molecule has 9 heteroatoms. The lowest BCUT2D eigenvalue weighted by Crippen LogP contribution is -2.45. The molecule has 0 aliphatic carbocycles. The molecule has 1 saturated heterocycles. The molecule has 0 spiro atoms. The molecular formula is C20H22BrClN2O5. The Hall–Kier alpha value is -2.13. The summed E-state index contributed by atoms with van der Waals surface area (Å²) in [4.78, 5) is 23.0. The zero-order chi connectivity index (χ0) is 21.4. The molecule has 29 heavy (non-hydrogen) atoms. The maximum absolute atomic E-state index is 9.97. The molecular weight excluding hydrogens is 464 g/mol. The van der Waals surface area contributed by atoms with E-state index in [1.54, 1.807) is 6.07 Å². The van der Waals surface area contributed by atoms with Crippen LogP contribution < -0.4 is 0 Å². The molecule has 2 aromatic rings. The molecule has 2 aromatic carbocycles. The highest BCUT2D eigenvalue weighted by Gasteiger charge is 2.18. The number of benzene rings is 2. The molecule has 0 saturated carbocycles. The second-order valence-electron chi connectivity index (χ2n) is 6.57. The second kappa shape index (κ2) is 11.2. The first kappa shape index (κ1) is 23.2. The van der Waals surface area contributed by atoms with Crippen LogP contribution in [0.15, 0.2) is 46.9 Å². The highest BCUT2D eigenvalue weighted by Crippen LogP contribution is 2.24. The van der Waals surface area contributed by atoms with Gasteiger partial charge in [-0.25, -0.2) is 9.59 Å². The largest absolute Gasteiger partial charge is 0.508 e. The van der Waals surface area contributed by atoms with Crippen LogP contribution in [-0.4, -0.2) is 63.2 Å². The Morgan fingerprint density at radius 3 is 2.07 bits per heavy atom. The Balaban J connectivity index is 0.000000438. The van der Waals surface area contributed by atoms with Crippen LogP contribution in [0.2, 0.25) is 5.02 Å². The van der Waals surface area contributed by atoms with E-state index >= 15 is 0 Å². The van der Waals surface area contributed by atoms with E-state index in [4.69, 9.17) is 31.4 Å². The number of piperazine rings is 1. The summed E-state index contributed by atoms with van der Waals surface area (Å²) in [5, 5.41) is 25.5. The lowest BCUT2D eigenvalue weighted by atomic mass is 10.1. The van der Waals surface area contributed by atoms with Gasteiger partial charge in [0, 0.05) is 54.3 Å². The van der Waals surface area contributed by atoms with Gasteiger partial charge in [-0.2, -0.15) is 0 Å². The van der Waals surface area contributed by atoms with Gasteiger partial charge in [-0.1, -0.05) is 39.7 Å². The lowest BCUT2D eigenvalue weighted by Gasteiger charge is -2.34. The summed E-state index contributed by atoms with van der Waals surface area (Å²) in [5.74, 6) is -3.28.